The van der Waals surface area contributed by atoms with E-state index in [4.69, 9.17) is 32.7 Å². The predicted octanol–water partition coefficient (Wildman–Crippen LogP) is 5.45. The minimum Gasteiger partial charge on any atom is -0.453 e. The number of hydrogen-bond acceptors (Lipinski definition) is 6. The molecule has 36 heavy (non-hydrogen) atoms. The lowest BCUT2D eigenvalue weighted by Gasteiger charge is -2.15. The highest BCUT2D eigenvalue weighted by atomic mass is 35.5. The van der Waals surface area contributed by atoms with Crippen molar-refractivity contribution in [3.8, 4) is 17.2 Å². The van der Waals surface area contributed by atoms with Gasteiger partial charge in [-0.3, -0.25) is 9.59 Å². The number of aromatic nitrogens is 2. The Hall–Kier alpha value is -3.85. The Kier molecular flexibility index (Phi) is 8.22. The van der Waals surface area contributed by atoms with Crippen molar-refractivity contribution < 1.29 is 14.3 Å². The van der Waals surface area contributed by atoms with Crippen LogP contribution >= 0.6 is 23.2 Å². The van der Waals surface area contributed by atoms with Gasteiger partial charge in [-0.15, -0.1) is 0 Å². The van der Waals surface area contributed by atoms with E-state index < -0.39 is 5.56 Å². The van der Waals surface area contributed by atoms with Crippen LogP contribution in [0.1, 0.15) is 10.4 Å². The summed E-state index contributed by atoms with van der Waals surface area (Å²) in [5.41, 5.74) is 1.06. The van der Waals surface area contributed by atoms with Crippen molar-refractivity contribution in [1.29, 1.82) is 0 Å². The van der Waals surface area contributed by atoms with Crippen molar-refractivity contribution in [2.75, 3.05) is 25.6 Å². The molecule has 1 heterocycles. The number of carbonyl (C=O) groups excluding carboxylic acids is 1. The summed E-state index contributed by atoms with van der Waals surface area (Å²) in [7, 11) is 1.56. The maximum Gasteiger partial charge on any atom is 0.299 e. The lowest BCUT2D eigenvalue weighted by atomic mass is 10.2. The van der Waals surface area contributed by atoms with E-state index in [-0.39, 0.29) is 17.3 Å². The molecule has 184 valence electrons. The Bertz CT molecular complexity index is 1420. The van der Waals surface area contributed by atoms with E-state index in [0.29, 0.717) is 45.9 Å². The Morgan fingerprint density at radius 1 is 1.00 bits per heavy atom. The van der Waals surface area contributed by atoms with E-state index in [0.717, 1.165) is 0 Å². The summed E-state index contributed by atoms with van der Waals surface area (Å²) in [6.45, 7) is 0.774. The molecule has 0 bridgehead atoms. The van der Waals surface area contributed by atoms with Crippen molar-refractivity contribution in [3.05, 3.63) is 105 Å². The largest absolute Gasteiger partial charge is 0.453 e. The monoisotopic (exact) mass is 524 g/mol. The Morgan fingerprint density at radius 2 is 1.78 bits per heavy atom. The quantitative estimate of drug-likeness (QED) is 0.282. The van der Waals surface area contributed by atoms with Crippen LogP contribution in [-0.2, 0) is 4.74 Å². The third-order valence-electron chi connectivity index (χ3n) is 5.02. The highest BCUT2D eigenvalue weighted by Gasteiger charge is 2.16. The van der Waals surface area contributed by atoms with E-state index >= 15 is 0 Å². The molecular formula is C26H22Cl2N4O4. The number of carbonyl (C=O) groups is 1. The van der Waals surface area contributed by atoms with Crippen LogP contribution < -0.4 is 20.9 Å². The van der Waals surface area contributed by atoms with E-state index in [9.17, 15) is 9.59 Å². The maximum atomic E-state index is 13.5. The third-order valence-corrected chi connectivity index (χ3v) is 5.51. The number of amides is 1. The fourth-order valence-corrected chi connectivity index (χ4v) is 3.61. The molecule has 4 aromatic rings. The van der Waals surface area contributed by atoms with Gasteiger partial charge in [0, 0.05) is 35.0 Å². The highest BCUT2D eigenvalue weighted by Crippen LogP contribution is 2.30. The molecular weight excluding hydrogens is 503 g/mol. The molecule has 0 atom stereocenters. The first kappa shape index (κ1) is 25.2. The minimum atomic E-state index is -0.473. The van der Waals surface area contributed by atoms with Crippen molar-refractivity contribution >= 4 is 40.5 Å². The van der Waals surface area contributed by atoms with Crippen LogP contribution in [0.4, 0.5) is 11.4 Å². The van der Waals surface area contributed by atoms with Crippen LogP contribution in [0.2, 0.25) is 10.0 Å². The average Bonchev–Trinajstić information content (AvgIpc) is 2.88. The molecule has 0 saturated carbocycles. The molecule has 0 fully saturated rings. The highest BCUT2D eigenvalue weighted by molar-refractivity contribution is 6.31. The average molecular weight is 525 g/mol. The van der Waals surface area contributed by atoms with Gasteiger partial charge in [-0.05, 0) is 60.7 Å². The standard InChI is InChI=1S/C26H22Cl2N4O4/c1-35-13-12-29-25(33)17-4-2-6-20(14-17)31-24-23(36-22-10-8-18(27)9-11-22)16-30-32(26(24)34)21-7-3-5-19(28)15-21/h2-11,14-16,31H,12-13H2,1H3,(H,29,33). The first-order valence-corrected chi connectivity index (χ1v) is 11.7. The van der Waals surface area contributed by atoms with Gasteiger partial charge in [0.1, 0.15) is 5.75 Å². The lowest BCUT2D eigenvalue weighted by Crippen LogP contribution is -2.27. The first-order valence-electron chi connectivity index (χ1n) is 10.9. The first-order chi connectivity index (χ1) is 17.4. The zero-order chi connectivity index (χ0) is 25.5. The summed E-state index contributed by atoms with van der Waals surface area (Å²) >= 11 is 12.1. The second-order valence-electron chi connectivity index (χ2n) is 7.59. The summed E-state index contributed by atoms with van der Waals surface area (Å²) in [6, 6.07) is 20.3. The molecule has 0 spiro atoms. The summed E-state index contributed by atoms with van der Waals surface area (Å²) in [4.78, 5) is 26.0. The van der Waals surface area contributed by atoms with Gasteiger partial charge in [-0.2, -0.15) is 9.78 Å². The number of nitrogens with zero attached hydrogens (tertiary/aromatic N) is 2. The van der Waals surface area contributed by atoms with E-state index in [1.165, 1.54) is 10.9 Å². The Morgan fingerprint density at radius 3 is 2.53 bits per heavy atom. The fourth-order valence-electron chi connectivity index (χ4n) is 3.30. The molecule has 0 radical (unpaired) electrons. The summed E-state index contributed by atoms with van der Waals surface area (Å²) in [5.74, 6) is 0.394. The number of nitrogens with one attached hydrogen (secondary N) is 2. The van der Waals surface area contributed by atoms with E-state index in [1.807, 2.05) is 0 Å². The van der Waals surface area contributed by atoms with Crippen LogP contribution in [-0.4, -0.2) is 35.9 Å². The maximum absolute atomic E-state index is 13.5. The third kappa shape index (κ3) is 6.23. The molecule has 2 N–H and O–H groups in total. The van der Waals surface area contributed by atoms with Crippen LogP contribution in [0.25, 0.3) is 5.69 Å². The van der Waals surface area contributed by atoms with E-state index in [1.54, 1.807) is 79.9 Å². The number of ether oxygens (including phenoxy) is 2. The number of hydrogen-bond donors (Lipinski definition) is 2. The molecule has 10 heteroatoms. The van der Waals surface area contributed by atoms with Crippen LogP contribution in [0.3, 0.4) is 0 Å². The Labute approximate surface area is 217 Å². The summed E-state index contributed by atoms with van der Waals surface area (Å²) in [5, 5.41) is 11.2. The normalized spacial score (nSPS) is 10.6. The molecule has 0 saturated heterocycles. The van der Waals surface area contributed by atoms with E-state index in [2.05, 4.69) is 15.7 Å². The molecule has 1 amide bonds. The van der Waals surface area contributed by atoms with Gasteiger partial charge in [-0.25, -0.2) is 0 Å². The van der Waals surface area contributed by atoms with Gasteiger partial charge in [0.2, 0.25) is 0 Å². The van der Waals surface area contributed by atoms with Crippen molar-refractivity contribution in [1.82, 2.24) is 15.1 Å². The molecule has 1 aromatic heterocycles. The molecule has 8 nitrogen and oxygen atoms in total. The van der Waals surface area contributed by atoms with Gasteiger partial charge in [0.05, 0.1) is 18.5 Å². The van der Waals surface area contributed by atoms with Gasteiger partial charge >= 0.3 is 0 Å². The molecule has 3 aromatic carbocycles. The van der Waals surface area contributed by atoms with Crippen molar-refractivity contribution in [3.63, 3.8) is 0 Å². The number of anilines is 2. The molecule has 4 rings (SSSR count). The zero-order valence-electron chi connectivity index (χ0n) is 19.2. The smallest absolute Gasteiger partial charge is 0.299 e. The van der Waals surface area contributed by atoms with Crippen molar-refractivity contribution in [2.45, 2.75) is 0 Å². The number of benzene rings is 3. The van der Waals surface area contributed by atoms with Gasteiger partial charge in [0.25, 0.3) is 11.5 Å². The lowest BCUT2D eigenvalue weighted by molar-refractivity contribution is 0.0937. The van der Waals surface area contributed by atoms with Crippen molar-refractivity contribution in [2.24, 2.45) is 0 Å². The zero-order valence-corrected chi connectivity index (χ0v) is 20.7. The molecule has 0 aliphatic rings. The van der Waals surface area contributed by atoms with Gasteiger partial charge in [-0.1, -0.05) is 35.3 Å². The Balaban J connectivity index is 1.72. The molecule has 0 aliphatic heterocycles. The SMILES string of the molecule is COCCNC(=O)c1cccc(Nc2c(Oc3ccc(Cl)cc3)cnn(-c3cccc(Cl)c3)c2=O)c1. The summed E-state index contributed by atoms with van der Waals surface area (Å²) in [6.07, 6.45) is 1.43. The second-order valence-corrected chi connectivity index (χ2v) is 8.46. The fraction of sp³-hybridized carbons (Fsp3) is 0.115. The second kappa shape index (κ2) is 11.7. The van der Waals surface area contributed by atoms with Gasteiger partial charge in [0.15, 0.2) is 11.4 Å². The molecule has 0 aliphatic carbocycles. The number of halogens is 2. The predicted molar refractivity (Wildman–Crippen MR) is 140 cm³/mol. The van der Waals surface area contributed by atoms with Crippen LogP contribution in [0.5, 0.6) is 11.5 Å². The van der Waals surface area contributed by atoms with Crippen LogP contribution in [0.15, 0.2) is 83.8 Å². The summed E-state index contributed by atoms with van der Waals surface area (Å²) < 4.78 is 12.1. The molecule has 0 unspecified atom stereocenters. The number of rotatable bonds is 9. The number of methoxy groups -OCH3 is 1. The minimum absolute atomic E-state index is 0.122. The van der Waals surface area contributed by atoms with Crippen LogP contribution in [0, 0.1) is 0 Å². The topological polar surface area (TPSA) is 94.5 Å². The van der Waals surface area contributed by atoms with Gasteiger partial charge < -0.3 is 20.1 Å².